The fourth-order valence-corrected chi connectivity index (χ4v) is 14.9. The lowest BCUT2D eigenvalue weighted by Gasteiger charge is -2.20. The molecule has 724 valence electrons. The Labute approximate surface area is 827 Å². The van der Waals surface area contributed by atoms with Crippen molar-refractivity contribution in [3.05, 3.63) is 388 Å². The van der Waals surface area contributed by atoms with Gasteiger partial charge in [-0.25, -0.2) is 0 Å². The van der Waals surface area contributed by atoms with E-state index in [4.69, 9.17) is 0 Å². The Morgan fingerprint density at radius 2 is 0.259 bits per heavy atom. The number of benzene rings is 20. The Morgan fingerprint density at radius 3 is 0.452 bits per heavy atom. The highest BCUT2D eigenvalue weighted by atomic mass is 14.3. The zero-order chi connectivity index (χ0) is 99.7. The Balaban J connectivity index is -0.000000489. The van der Waals surface area contributed by atoms with Crippen LogP contribution in [0.1, 0.15) is 272 Å². The van der Waals surface area contributed by atoms with Crippen LogP contribution in [0.25, 0.3) is 174 Å². The van der Waals surface area contributed by atoms with Gasteiger partial charge in [-0.3, -0.25) is 0 Å². The third-order valence-corrected chi connectivity index (χ3v) is 19.3. The molecule has 0 N–H and O–H groups in total. The molecule has 0 radical (unpaired) electrons. The molecule has 0 fully saturated rings. The van der Waals surface area contributed by atoms with Crippen LogP contribution >= 0.6 is 0 Å². The van der Waals surface area contributed by atoms with Crippen molar-refractivity contribution in [1.82, 2.24) is 0 Å². The third-order valence-electron chi connectivity index (χ3n) is 19.3. The third kappa shape index (κ3) is 35.1. The fourth-order valence-electron chi connectivity index (χ4n) is 14.9. The maximum Gasteiger partial charge on any atom is -0.000742 e. The number of hydrogen-bond acceptors (Lipinski definition) is 0. The highest BCUT2D eigenvalue weighted by molar-refractivity contribution is 6.28. The standard InChI is InChI=1S/C32H20.2C18H12.2C14H10.18C2H6.3CH4/c1-3-11-22(12-4-1)29-24-17-7-8-18-25(24)30(23-13-5-2-6-14-23)32-27-20-10-16-21-15-9-19-26(28(21)27)31(29)32;2*1-3-7-15-13(5-1)9-11-18-16-8-4-2-6-14(16)10-12-17(15)18;2*1-2-6-12-10-14-8-4-3-7-13(14)9-11(12)5-1;18*1-2;;;/h1-20H;2*1-12H;2*1-10H;18*1-2H3;3*1H4. The van der Waals surface area contributed by atoms with Gasteiger partial charge >= 0.3 is 0 Å². The van der Waals surface area contributed by atoms with Crippen LogP contribution in [-0.4, -0.2) is 0 Å². The van der Waals surface area contributed by atoms with Crippen LogP contribution < -0.4 is 0 Å². The molecular formula is C135H184. The van der Waals surface area contributed by atoms with Crippen molar-refractivity contribution in [2.24, 2.45) is 0 Å². The molecule has 0 saturated heterocycles. The van der Waals surface area contributed by atoms with Gasteiger partial charge in [-0.1, -0.05) is 636 Å². The van der Waals surface area contributed by atoms with Gasteiger partial charge in [0.2, 0.25) is 0 Å². The Kier molecular flexibility index (Phi) is 78.7. The van der Waals surface area contributed by atoms with E-state index >= 15 is 0 Å². The minimum atomic E-state index is 0. The van der Waals surface area contributed by atoms with Crippen molar-refractivity contribution in [2.45, 2.75) is 272 Å². The summed E-state index contributed by atoms with van der Waals surface area (Å²) in [6.45, 7) is 72.0. The maximum absolute atomic E-state index is 2.30. The molecule has 0 amide bonds. The van der Waals surface area contributed by atoms with E-state index in [0.717, 1.165) is 0 Å². The average molecular weight is 1810 g/mol. The summed E-state index contributed by atoms with van der Waals surface area (Å²) in [5, 5.41) is 31.7. The highest BCUT2D eigenvalue weighted by Gasteiger charge is 2.30. The van der Waals surface area contributed by atoms with Crippen LogP contribution in [0.5, 0.6) is 0 Å². The Hall–Kier alpha value is -12.5. The summed E-state index contributed by atoms with van der Waals surface area (Å²) >= 11 is 0. The first-order chi connectivity index (χ1) is 65.6. The summed E-state index contributed by atoms with van der Waals surface area (Å²) in [7, 11) is 0. The molecular weight excluding hydrogens is 1620 g/mol. The van der Waals surface area contributed by atoms with Crippen molar-refractivity contribution in [1.29, 1.82) is 0 Å². The molecule has 0 bridgehead atoms. The fraction of sp³-hybridized carbons (Fsp3) is 0.289. The predicted octanol–water partition coefficient (Wildman–Crippen LogP) is 47.6. The molecule has 0 atom stereocenters. The normalized spacial score (nSPS) is 8.86. The van der Waals surface area contributed by atoms with Gasteiger partial charge < -0.3 is 0 Å². The summed E-state index contributed by atoms with van der Waals surface area (Å²) in [6, 6.07) is 139. The van der Waals surface area contributed by atoms with E-state index in [-0.39, 0.29) is 22.3 Å². The van der Waals surface area contributed by atoms with Gasteiger partial charge in [0.05, 0.1) is 0 Å². The van der Waals surface area contributed by atoms with E-state index in [1.165, 1.54) is 174 Å². The highest BCUT2D eigenvalue weighted by Crippen LogP contribution is 2.57. The van der Waals surface area contributed by atoms with Crippen LogP contribution in [0.15, 0.2) is 388 Å². The molecule has 0 heterocycles. The summed E-state index contributed by atoms with van der Waals surface area (Å²) in [5.41, 5.74) is 10.6. The molecule has 0 saturated carbocycles. The number of hydrogen-bond donors (Lipinski definition) is 0. The zero-order valence-corrected chi connectivity index (χ0v) is 89.0. The molecule has 0 unspecified atom stereocenters. The summed E-state index contributed by atoms with van der Waals surface area (Å²) in [5.74, 6) is 0. The smallest absolute Gasteiger partial charge is 0.000742 e. The molecule has 0 aromatic heterocycles. The van der Waals surface area contributed by atoms with E-state index in [0.29, 0.717) is 0 Å². The van der Waals surface area contributed by atoms with Crippen LogP contribution in [-0.2, 0) is 0 Å². The lowest BCUT2D eigenvalue weighted by atomic mass is 9.82. The van der Waals surface area contributed by atoms with Crippen LogP contribution in [0.2, 0.25) is 0 Å². The van der Waals surface area contributed by atoms with Crippen molar-refractivity contribution in [3.8, 4) is 44.5 Å². The summed E-state index contributed by atoms with van der Waals surface area (Å²) in [6.07, 6.45) is 0. The molecule has 135 heavy (non-hydrogen) atoms. The maximum atomic E-state index is 2.30. The van der Waals surface area contributed by atoms with Gasteiger partial charge in [-0.05, 0) is 198 Å². The van der Waals surface area contributed by atoms with E-state index in [2.05, 4.69) is 388 Å². The quantitative estimate of drug-likeness (QED) is 0.120. The first kappa shape index (κ1) is 131. The van der Waals surface area contributed by atoms with Gasteiger partial charge in [-0.15, -0.1) is 0 Å². The molecule has 0 spiro atoms. The minimum absolute atomic E-state index is 0. The number of fused-ring (bicyclic) bond motifs is 18. The topological polar surface area (TPSA) is 0 Å². The lowest BCUT2D eigenvalue weighted by molar-refractivity contribution is 1.50. The molecule has 1 aliphatic rings. The monoisotopic (exact) mass is 1810 g/mol. The molecule has 0 nitrogen and oxygen atoms in total. The second-order valence-corrected chi connectivity index (χ2v) is 24.9. The van der Waals surface area contributed by atoms with Gasteiger partial charge in [0.25, 0.3) is 0 Å². The van der Waals surface area contributed by atoms with Crippen LogP contribution in [0.4, 0.5) is 0 Å². The first-order valence-electron chi connectivity index (χ1n) is 51.2. The van der Waals surface area contributed by atoms with Gasteiger partial charge in [0, 0.05) is 0 Å². The van der Waals surface area contributed by atoms with E-state index in [9.17, 15) is 0 Å². The van der Waals surface area contributed by atoms with E-state index in [1.807, 2.05) is 249 Å². The van der Waals surface area contributed by atoms with Gasteiger partial charge in [0.1, 0.15) is 0 Å². The molecule has 0 heteroatoms. The summed E-state index contributed by atoms with van der Waals surface area (Å²) < 4.78 is 0. The second kappa shape index (κ2) is 81.1. The summed E-state index contributed by atoms with van der Waals surface area (Å²) in [4.78, 5) is 0. The molecule has 20 aromatic carbocycles. The lowest BCUT2D eigenvalue weighted by Crippen LogP contribution is -1.93. The van der Waals surface area contributed by atoms with E-state index < -0.39 is 0 Å². The van der Waals surface area contributed by atoms with Crippen molar-refractivity contribution < 1.29 is 0 Å². The number of rotatable bonds is 2. The first-order valence-corrected chi connectivity index (χ1v) is 51.2. The van der Waals surface area contributed by atoms with Crippen LogP contribution in [0, 0.1) is 0 Å². The SMILES string of the molecule is C.C.C.CC.CC.CC.CC.CC.CC.CC.CC.CC.CC.CC.CC.CC.CC.CC.CC.CC.CC.c1ccc(-c2c3c(c(-c4ccccc4)c4ccccc24)-c2cccc4cccc-3c24)cc1.c1ccc2c(c1)ccc1c3ccccc3ccc21.c1ccc2c(c1)ccc1c3ccccc3ccc21.c1ccc2cc3ccccc3cc2c1.c1ccc2cc3ccccc3cc2c1. The largest absolute Gasteiger partial charge is 0.0776 e. The van der Waals surface area contributed by atoms with Crippen LogP contribution in [0.3, 0.4) is 0 Å². The van der Waals surface area contributed by atoms with Gasteiger partial charge in [-0.2, -0.15) is 0 Å². The van der Waals surface area contributed by atoms with Gasteiger partial charge in [0.15, 0.2) is 0 Å². The Bertz CT molecular complexity index is 5580. The zero-order valence-electron chi connectivity index (χ0n) is 89.0. The van der Waals surface area contributed by atoms with Crippen molar-refractivity contribution in [3.63, 3.8) is 0 Å². The van der Waals surface area contributed by atoms with Crippen molar-refractivity contribution in [2.75, 3.05) is 0 Å². The van der Waals surface area contributed by atoms with Crippen molar-refractivity contribution >= 4 is 129 Å². The Morgan fingerprint density at radius 1 is 0.104 bits per heavy atom. The predicted molar refractivity (Wildman–Crippen MR) is 642 cm³/mol. The average Bonchev–Trinajstić information content (AvgIpc) is 1.54. The molecule has 20 aromatic rings. The van der Waals surface area contributed by atoms with E-state index in [1.54, 1.807) is 0 Å². The minimum Gasteiger partial charge on any atom is -0.0776 e. The molecule has 1 aliphatic carbocycles. The second-order valence-electron chi connectivity index (χ2n) is 24.9. The molecule has 0 aliphatic heterocycles. The molecule has 21 rings (SSSR count).